The zero-order valence-electron chi connectivity index (χ0n) is 11.6. The van der Waals surface area contributed by atoms with Crippen molar-refractivity contribution < 1.29 is 9.47 Å². The maximum atomic E-state index is 5.94. The fourth-order valence-corrected chi connectivity index (χ4v) is 2.51. The van der Waals surface area contributed by atoms with Crippen molar-refractivity contribution in [3.8, 4) is 11.5 Å². The highest BCUT2D eigenvalue weighted by molar-refractivity contribution is 5.37. The number of fused-ring (bicyclic) bond motifs is 1. The van der Waals surface area contributed by atoms with Crippen LogP contribution < -0.4 is 14.8 Å². The molecule has 1 atom stereocenters. The molecule has 104 valence electrons. The molecular weight excluding hydrogens is 250 g/mol. The summed E-state index contributed by atoms with van der Waals surface area (Å²) in [6.07, 6.45) is 1.03. The van der Waals surface area contributed by atoms with Gasteiger partial charge in [-0.1, -0.05) is 36.4 Å². The number of hydrogen-bond donors (Lipinski definition) is 1. The number of benzene rings is 2. The SMILES string of the molecule is CNCc1ccccc1OCC1Cc2ccccc2O1. The number of nitrogens with one attached hydrogen (secondary N) is 1. The molecule has 3 nitrogen and oxygen atoms in total. The summed E-state index contributed by atoms with van der Waals surface area (Å²) in [5, 5.41) is 3.16. The lowest BCUT2D eigenvalue weighted by Gasteiger charge is -2.15. The lowest BCUT2D eigenvalue weighted by molar-refractivity contribution is 0.147. The molecule has 1 unspecified atom stereocenters. The zero-order valence-corrected chi connectivity index (χ0v) is 11.6. The molecule has 1 aliphatic rings. The van der Waals surface area contributed by atoms with Crippen molar-refractivity contribution in [2.75, 3.05) is 13.7 Å². The molecule has 0 spiro atoms. The normalized spacial score (nSPS) is 16.6. The molecule has 0 aromatic heterocycles. The van der Waals surface area contributed by atoms with E-state index in [1.54, 1.807) is 0 Å². The van der Waals surface area contributed by atoms with Crippen LogP contribution in [-0.4, -0.2) is 19.8 Å². The van der Waals surface area contributed by atoms with Crippen LogP contribution in [0, 0.1) is 0 Å². The molecule has 0 amide bonds. The van der Waals surface area contributed by atoms with Crippen molar-refractivity contribution in [3.63, 3.8) is 0 Å². The first-order valence-electron chi connectivity index (χ1n) is 6.96. The molecule has 1 N–H and O–H groups in total. The van der Waals surface area contributed by atoms with E-state index in [1.807, 2.05) is 43.4 Å². The minimum absolute atomic E-state index is 0.107. The number of rotatable bonds is 5. The third-order valence-electron chi connectivity index (χ3n) is 3.48. The second-order valence-electron chi connectivity index (χ2n) is 5.00. The predicted octanol–water partition coefficient (Wildman–Crippen LogP) is 2.79. The summed E-state index contributed by atoms with van der Waals surface area (Å²) in [4.78, 5) is 0. The fraction of sp³-hybridized carbons (Fsp3) is 0.294. The molecule has 20 heavy (non-hydrogen) atoms. The van der Waals surface area contributed by atoms with Gasteiger partial charge in [0.15, 0.2) is 0 Å². The molecule has 0 fully saturated rings. The van der Waals surface area contributed by atoms with Crippen LogP contribution in [0.15, 0.2) is 48.5 Å². The van der Waals surface area contributed by atoms with E-state index in [0.29, 0.717) is 6.61 Å². The summed E-state index contributed by atoms with van der Waals surface area (Å²) in [5.41, 5.74) is 2.44. The molecular formula is C17H19NO2. The Morgan fingerprint density at radius 2 is 1.95 bits per heavy atom. The highest BCUT2D eigenvalue weighted by atomic mass is 16.5. The predicted molar refractivity (Wildman–Crippen MR) is 79.3 cm³/mol. The van der Waals surface area contributed by atoms with E-state index in [9.17, 15) is 0 Å². The first-order valence-corrected chi connectivity index (χ1v) is 6.96. The second kappa shape index (κ2) is 5.97. The van der Waals surface area contributed by atoms with E-state index in [1.165, 1.54) is 11.1 Å². The van der Waals surface area contributed by atoms with Gasteiger partial charge in [0.25, 0.3) is 0 Å². The molecule has 3 rings (SSSR count). The quantitative estimate of drug-likeness (QED) is 0.905. The van der Waals surface area contributed by atoms with E-state index < -0.39 is 0 Å². The summed E-state index contributed by atoms with van der Waals surface area (Å²) in [6.45, 7) is 1.39. The van der Waals surface area contributed by atoms with Gasteiger partial charge in [-0.25, -0.2) is 0 Å². The smallest absolute Gasteiger partial charge is 0.137 e. The third kappa shape index (κ3) is 2.78. The van der Waals surface area contributed by atoms with Crippen LogP contribution in [-0.2, 0) is 13.0 Å². The van der Waals surface area contributed by atoms with Crippen LogP contribution in [0.2, 0.25) is 0 Å². The Labute approximate surface area is 119 Å². The van der Waals surface area contributed by atoms with Gasteiger partial charge in [-0.2, -0.15) is 0 Å². The van der Waals surface area contributed by atoms with Gasteiger partial charge < -0.3 is 14.8 Å². The van der Waals surface area contributed by atoms with Crippen LogP contribution in [0.3, 0.4) is 0 Å². The Hall–Kier alpha value is -2.00. The molecule has 0 bridgehead atoms. The van der Waals surface area contributed by atoms with Gasteiger partial charge in [0.2, 0.25) is 0 Å². The largest absolute Gasteiger partial charge is 0.489 e. The maximum Gasteiger partial charge on any atom is 0.137 e. The summed E-state index contributed by atoms with van der Waals surface area (Å²) < 4.78 is 11.8. The lowest BCUT2D eigenvalue weighted by atomic mass is 10.1. The van der Waals surface area contributed by atoms with Crippen molar-refractivity contribution in [1.82, 2.24) is 5.32 Å². The van der Waals surface area contributed by atoms with E-state index >= 15 is 0 Å². The van der Waals surface area contributed by atoms with E-state index in [0.717, 1.165) is 24.5 Å². The Morgan fingerprint density at radius 1 is 1.15 bits per heavy atom. The van der Waals surface area contributed by atoms with Crippen LogP contribution in [0.25, 0.3) is 0 Å². The summed E-state index contributed by atoms with van der Waals surface area (Å²) >= 11 is 0. The summed E-state index contributed by atoms with van der Waals surface area (Å²) in [7, 11) is 1.94. The molecule has 1 aliphatic heterocycles. The average Bonchev–Trinajstić information content (AvgIpc) is 2.89. The minimum Gasteiger partial charge on any atom is -0.489 e. The molecule has 2 aromatic carbocycles. The van der Waals surface area contributed by atoms with Gasteiger partial charge in [0.05, 0.1) is 0 Å². The molecule has 1 heterocycles. The van der Waals surface area contributed by atoms with Crippen molar-refractivity contribution in [1.29, 1.82) is 0 Å². The van der Waals surface area contributed by atoms with Crippen LogP contribution in [0.4, 0.5) is 0 Å². The number of ether oxygens (including phenoxy) is 2. The minimum atomic E-state index is 0.107. The summed E-state index contributed by atoms with van der Waals surface area (Å²) in [5.74, 6) is 1.92. The van der Waals surface area contributed by atoms with Crippen molar-refractivity contribution in [2.24, 2.45) is 0 Å². The van der Waals surface area contributed by atoms with Crippen LogP contribution in [0.1, 0.15) is 11.1 Å². The molecule has 2 aromatic rings. The Kier molecular flexibility index (Phi) is 3.88. The molecule has 3 heteroatoms. The second-order valence-corrected chi connectivity index (χ2v) is 5.00. The number of hydrogen-bond acceptors (Lipinski definition) is 3. The van der Waals surface area contributed by atoms with E-state index in [4.69, 9.17) is 9.47 Å². The standard InChI is InChI=1S/C17H19NO2/c1-18-11-14-7-3-4-8-16(14)19-12-15-10-13-6-2-5-9-17(13)20-15/h2-9,15,18H,10-12H2,1H3. The Balaban J connectivity index is 1.61. The average molecular weight is 269 g/mol. The van der Waals surface area contributed by atoms with Crippen molar-refractivity contribution in [3.05, 3.63) is 59.7 Å². The highest BCUT2D eigenvalue weighted by Crippen LogP contribution is 2.28. The van der Waals surface area contributed by atoms with Gasteiger partial charge in [-0.15, -0.1) is 0 Å². The first-order chi connectivity index (χ1) is 9.86. The maximum absolute atomic E-state index is 5.94. The van der Waals surface area contributed by atoms with Gasteiger partial charge in [0.1, 0.15) is 24.2 Å². The Morgan fingerprint density at radius 3 is 2.80 bits per heavy atom. The summed E-state index contributed by atoms with van der Waals surface area (Å²) in [6, 6.07) is 16.3. The molecule has 0 radical (unpaired) electrons. The molecule has 0 aliphatic carbocycles. The van der Waals surface area contributed by atoms with Gasteiger partial charge in [-0.3, -0.25) is 0 Å². The van der Waals surface area contributed by atoms with Crippen LogP contribution >= 0.6 is 0 Å². The van der Waals surface area contributed by atoms with Crippen molar-refractivity contribution >= 4 is 0 Å². The van der Waals surface area contributed by atoms with Gasteiger partial charge >= 0.3 is 0 Å². The first kappa shape index (κ1) is 13.0. The van der Waals surface area contributed by atoms with Gasteiger partial charge in [-0.05, 0) is 24.7 Å². The molecule has 0 saturated heterocycles. The highest BCUT2D eigenvalue weighted by Gasteiger charge is 2.22. The molecule has 0 saturated carbocycles. The monoisotopic (exact) mass is 269 g/mol. The van der Waals surface area contributed by atoms with Gasteiger partial charge in [0, 0.05) is 18.5 Å². The van der Waals surface area contributed by atoms with E-state index in [-0.39, 0.29) is 6.10 Å². The zero-order chi connectivity index (χ0) is 13.8. The lowest BCUT2D eigenvalue weighted by Crippen LogP contribution is -2.23. The van der Waals surface area contributed by atoms with Crippen molar-refractivity contribution in [2.45, 2.75) is 19.1 Å². The topological polar surface area (TPSA) is 30.5 Å². The van der Waals surface area contributed by atoms with E-state index in [2.05, 4.69) is 17.4 Å². The number of para-hydroxylation sites is 2. The Bertz CT molecular complexity index is 558. The third-order valence-corrected chi connectivity index (χ3v) is 3.48. The van der Waals surface area contributed by atoms with Crippen LogP contribution in [0.5, 0.6) is 11.5 Å². The fourth-order valence-electron chi connectivity index (χ4n) is 2.51.